The Balaban J connectivity index is 3.35. The van der Waals surface area contributed by atoms with Crippen molar-refractivity contribution < 1.29 is 20.4 Å². The van der Waals surface area contributed by atoms with Gasteiger partial charge < -0.3 is 20.4 Å². The molecule has 4 N–H and O–H groups in total. The highest BCUT2D eigenvalue weighted by molar-refractivity contribution is 9.12. The van der Waals surface area contributed by atoms with Crippen molar-refractivity contribution in [2.24, 2.45) is 0 Å². The number of allylic oxidation sites excluding steroid dienone is 2. The van der Waals surface area contributed by atoms with Gasteiger partial charge in [-0.15, -0.1) is 0 Å². The summed E-state index contributed by atoms with van der Waals surface area (Å²) in [4.78, 5) is 0. The molecule has 0 aromatic rings. The number of hydrogen-bond donors (Lipinski definition) is 4. The maximum atomic E-state index is 9.23. The fourth-order valence-corrected chi connectivity index (χ4v) is 1.26. The largest absolute Gasteiger partial charge is 0.508 e. The van der Waals surface area contributed by atoms with Crippen LogP contribution >= 0.6 is 15.9 Å². The lowest BCUT2D eigenvalue weighted by Gasteiger charge is -2.02. The molecule has 1 aliphatic carbocycles. The van der Waals surface area contributed by atoms with E-state index in [1.54, 1.807) is 0 Å². The van der Waals surface area contributed by atoms with E-state index in [1.807, 2.05) is 0 Å². The summed E-state index contributed by atoms with van der Waals surface area (Å²) in [5, 5.41) is 36.7. The van der Waals surface area contributed by atoms with Crippen LogP contribution in [0.3, 0.4) is 0 Å². The molecule has 0 fully saturated rings. The predicted octanol–water partition coefficient (Wildman–Crippen LogP) is 1.82. The average molecular weight is 245 g/mol. The van der Waals surface area contributed by atoms with Gasteiger partial charge >= 0.3 is 0 Å². The van der Waals surface area contributed by atoms with E-state index in [0.717, 1.165) is 0 Å². The Morgan fingerprint density at radius 2 is 1.46 bits per heavy atom. The van der Waals surface area contributed by atoms with Gasteiger partial charge in [0.25, 0.3) is 0 Å². The number of hydrogen-bond acceptors (Lipinski definition) is 4. The predicted molar refractivity (Wildman–Crippen MR) is 50.9 cm³/mol. The summed E-state index contributed by atoms with van der Waals surface area (Å²) < 4.78 is -0.0495. The van der Waals surface area contributed by atoms with Gasteiger partial charge in [-0.3, -0.25) is 0 Å². The van der Waals surface area contributed by atoms with Crippen LogP contribution in [0.15, 0.2) is 33.0 Å². The molecule has 0 saturated heterocycles. The first-order valence-electron chi connectivity index (χ1n) is 3.33. The Morgan fingerprint density at radius 1 is 1.00 bits per heavy atom. The summed E-state index contributed by atoms with van der Waals surface area (Å²) in [5.41, 5.74) is -0.223. The van der Waals surface area contributed by atoms with E-state index in [-0.39, 0.29) is 16.4 Å². The zero-order valence-corrected chi connectivity index (χ0v) is 8.04. The lowest BCUT2D eigenvalue weighted by Crippen LogP contribution is -1.94. The Morgan fingerprint density at radius 3 is 2.00 bits per heavy atom. The smallest absolute Gasteiger partial charge is 0.167 e. The second-order valence-electron chi connectivity index (χ2n) is 2.50. The van der Waals surface area contributed by atoms with E-state index in [0.29, 0.717) is 0 Å². The summed E-state index contributed by atoms with van der Waals surface area (Å²) in [5.74, 6) is -2.00. The molecule has 0 aromatic heterocycles. The quantitative estimate of drug-likeness (QED) is 0.490. The molecule has 0 unspecified atom stereocenters. The summed E-state index contributed by atoms with van der Waals surface area (Å²) in [7, 11) is 5.32. The maximum absolute atomic E-state index is 9.23. The van der Waals surface area contributed by atoms with E-state index >= 15 is 0 Å². The van der Waals surface area contributed by atoms with Crippen molar-refractivity contribution in [3.05, 3.63) is 33.0 Å². The van der Waals surface area contributed by atoms with Gasteiger partial charge in [-0.25, -0.2) is 0 Å². The first-order chi connectivity index (χ1) is 5.95. The minimum Gasteiger partial charge on any atom is -0.508 e. The first-order valence-corrected chi connectivity index (χ1v) is 4.12. The molecule has 1 rings (SSSR count). The highest BCUT2D eigenvalue weighted by Crippen LogP contribution is 2.30. The fraction of sp³-hybridized carbons (Fsp3) is 0.143. The number of aliphatic hydroxyl groups is 4. The number of halogens is 1. The van der Waals surface area contributed by atoms with E-state index in [9.17, 15) is 10.2 Å². The topological polar surface area (TPSA) is 80.9 Å². The Bertz CT molecular complexity index is 310. The van der Waals surface area contributed by atoms with Crippen LogP contribution in [0.1, 0.15) is 6.42 Å². The second-order valence-corrected chi connectivity index (χ2v) is 3.29. The van der Waals surface area contributed by atoms with Crippen LogP contribution in [-0.4, -0.2) is 28.3 Å². The summed E-state index contributed by atoms with van der Waals surface area (Å²) in [6.07, 6.45) is -0.354. The van der Waals surface area contributed by atoms with Gasteiger partial charge in [0.2, 0.25) is 0 Å². The van der Waals surface area contributed by atoms with Crippen molar-refractivity contribution in [1.82, 2.24) is 0 Å². The van der Waals surface area contributed by atoms with E-state index in [2.05, 4.69) is 15.9 Å². The monoisotopic (exact) mass is 244 g/mol. The summed E-state index contributed by atoms with van der Waals surface area (Å²) in [6, 6.07) is 0. The third-order valence-electron chi connectivity index (χ3n) is 1.58. The van der Waals surface area contributed by atoms with Crippen LogP contribution < -0.4 is 0 Å². The third-order valence-corrected chi connectivity index (χ3v) is 2.38. The maximum Gasteiger partial charge on any atom is 0.167 e. The van der Waals surface area contributed by atoms with Crippen molar-refractivity contribution in [2.45, 2.75) is 6.42 Å². The SMILES string of the molecule is [B]C1=C(Br)C(O)=C(O)CC(O)=C1O. The number of aliphatic hydroxyl groups excluding tert-OH is 4. The molecule has 4 nitrogen and oxygen atoms in total. The van der Waals surface area contributed by atoms with Crippen molar-refractivity contribution in [2.75, 3.05) is 0 Å². The van der Waals surface area contributed by atoms with Crippen molar-refractivity contribution in [3.63, 3.8) is 0 Å². The van der Waals surface area contributed by atoms with Crippen LogP contribution in [0.25, 0.3) is 0 Å². The molecule has 0 aromatic carbocycles. The highest BCUT2D eigenvalue weighted by Gasteiger charge is 2.20. The lowest BCUT2D eigenvalue weighted by atomic mass is 9.93. The van der Waals surface area contributed by atoms with Crippen molar-refractivity contribution in [3.8, 4) is 0 Å². The molecule has 6 heteroatoms. The second kappa shape index (κ2) is 3.37. The van der Waals surface area contributed by atoms with Gasteiger partial charge in [-0.2, -0.15) is 0 Å². The van der Waals surface area contributed by atoms with Gasteiger partial charge in [0.15, 0.2) is 5.76 Å². The van der Waals surface area contributed by atoms with Crippen LogP contribution in [0, 0.1) is 0 Å². The molecule has 0 amide bonds. The number of rotatable bonds is 0. The molecular weight excluding hydrogens is 239 g/mol. The summed E-state index contributed by atoms with van der Waals surface area (Å²) in [6.45, 7) is 0. The van der Waals surface area contributed by atoms with Crippen LogP contribution in [0.4, 0.5) is 0 Å². The molecule has 0 saturated carbocycles. The fourth-order valence-electron chi connectivity index (χ4n) is 0.840. The van der Waals surface area contributed by atoms with Gasteiger partial charge in [0, 0.05) is 0 Å². The molecule has 0 spiro atoms. The van der Waals surface area contributed by atoms with Gasteiger partial charge in [0.05, 0.1) is 10.9 Å². The Hall–Kier alpha value is -1.04. The molecule has 2 radical (unpaired) electrons. The van der Waals surface area contributed by atoms with E-state index in [1.165, 1.54) is 0 Å². The van der Waals surface area contributed by atoms with E-state index < -0.39 is 23.0 Å². The minimum absolute atomic E-state index is 0.0495. The van der Waals surface area contributed by atoms with Gasteiger partial charge in [-0.1, -0.05) is 0 Å². The third kappa shape index (κ3) is 1.67. The lowest BCUT2D eigenvalue weighted by molar-refractivity contribution is 0.288. The van der Waals surface area contributed by atoms with Crippen molar-refractivity contribution in [1.29, 1.82) is 0 Å². The standard InChI is InChI=1S/C7H6BBrO4/c8-4-5(9)7(13)3(11)1-2(10)6(4)12/h10-13H,1H2. The molecule has 0 heterocycles. The molecular formula is C7H6BBrO4. The van der Waals surface area contributed by atoms with Crippen LogP contribution in [0.5, 0.6) is 0 Å². The van der Waals surface area contributed by atoms with E-state index in [4.69, 9.17) is 18.1 Å². The molecule has 0 aliphatic heterocycles. The molecule has 13 heavy (non-hydrogen) atoms. The normalized spacial score (nSPS) is 19.5. The minimum atomic E-state index is -0.553. The molecule has 1 aliphatic rings. The Labute approximate surface area is 84.1 Å². The van der Waals surface area contributed by atoms with Crippen molar-refractivity contribution >= 4 is 23.8 Å². The van der Waals surface area contributed by atoms with Gasteiger partial charge in [0.1, 0.15) is 25.1 Å². The molecule has 68 valence electrons. The molecule has 0 bridgehead atoms. The van der Waals surface area contributed by atoms with Crippen LogP contribution in [0.2, 0.25) is 0 Å². The summed E-state index contributed by atoms with van der Waals surface area (Å²) >= 11 is 2.86. The van der Waals surface area contributed by atoms with Gasteiger partial charge in [-0.05, 0) is 21.4 Å². The Kier molecular flexibility index (Phi) is 2.61. The average Bonchev–Trinajstić information content (AvgIpc) is 2.15. The highest BCUT2D eigenvalue weighted by atomic mass is 79.9. The zero-order valence-electron chi connectivity index (χ0n) is 6.45. The first kappa shape index (κ1) is 10.0. The zero-order chi connectivity index (χ0) is 10.2. The molecule has 0 atom stereocenters. The van der Waals surface area contributed by atoms with Crippen LogP contribution in [-0.2, 0) is 0 Å².